The van der Waals surface area contributed by atoms with E-state index in [2.05, 4.69) is 0 Å². The van der Waals surface area contributed by atoms with E-state index < -0.39 is 17.4 Å². The highest BCUT2D eigenvalue weighted by atomic mass is 16.3. The zero-order chi connectivity index (χ0) is 32.3. The first kappa shape index (κ1) is 31.7. The Labute approximate surface area is 270 Å². The van der Waals surface area contributed by atoms with Crippen LogP contribution in [0.4, 0.5) is 11.4 Å². The highest BCUT2D eigenvalue weighted by Crippen LogP contribution is 2.47. The minimum absolute atomic E-state index is 0.0571. The molecule has 6 rings (SSSR count). The Morgan fingerprint density at radius 1 is 0.978 bits per heavy atom. The number of rotatable bonds is 8. The molecular formula is C38H43N3O5. The number of carbonyl (C=O) groups is 3. The van der Waals surface area contributed by atoms with Crippen LogP contribution >= 0.6 is 0 Å². The maximum atomic E-state index is 14.2. The number of aliphatic hydroxyl groups excluding tert-OH is 1. The Balaban J connectivity index is 1.27. The first-order valence-corrected chi connectivity index (χ1v) is 16.5. The average Bonchev–Trinajstić information content (AvgIpc) is 3.28. The predicted molar refractivity (Wildman–Crippen MR) is 178 cm³/mol. The van der Waals surface area contributed by atoms with Gasteiger partial charge in [0.1, 0.15) is 0 Å². The third-order valence-corrected chi connectivity index (χ3v) is 9.83. The van der Waals surface area contributed by atoms with Crippen molar-refractivity contribution in [1.29, 1.82) is 0 Å². The first-order chi connectivity index (χ1) is 22.3. The summed E-state index contributed by atoms with van der Waals surface area (Å²) in [5, 5.41) is 22.4. The number of nitrogens with zero attached hydrogens (tertiary/aromatic N) is 3. The van der Waals surface area contributed by atoms with E-state index in [4.69, 9.17) is 0 Å². The van der Waals surface area contributed by atoms with Crippen LogP contribution in [0.5, 0.6) is 0 Å². The Bertz CT molecular complexity index is 1620. The lowest BCUT2D eigenvalue weighted by molar-refractivity contribution is -0.139. The average molecular weight is 622 g/mol. The van der Waals surface area contributed by atoms with Gasteiger partial charge in [0.15, 0.2) is 5.60 Å². The van der Waals surface area contributed by atoms with Crippen LogP contribution in [0.2, 0.25) is 0 Å². The molecule has 0 unspecified atom stereocenters. The molecular weight excluding hydrogens is 578 g/mol. The van der Waals surface area contributed by atoms with Crippen LogP contribution in [-0.2, 0) is 39.5 Å². The molecule has 0 aliphatic carbocycles. The Morgan fingerprint density at radius 2 is 1.72 bits per heavy atom. The van der Waals surface area contributed by atoms with Gasteiger partial charge in [-0.2, -0.15) is 0 Å². The largest absolute Gasteiger partial charge is 0.394 e. The van der Waals surface area contributed by atoms with E-state index in [1.807, 2.05) is 72.8 Å². The van der Waals surface area contributed by atoms with Crippen LogP contribution in [0.1, 0.15) is 67.7 Å². The molecule has 46 heavy (non-hydrogen) atoms. The lowest BCUT2D eigenvalue weighted by Crippen LogP contribution is -2.46. The Hall–Kier alpha value is -4.27. The highest BCUT2D eigenvalue weighted by molar-refractivity contribution is 6.08. The number of hydrogen-bond donors (Lipinski definition) is 2. The summed E-state index contributed by atoms with van der Waals surface area (Å²) < 4.78 is 0. The molecule has 0 spiro atoms. The Kier molecular flexibility index (Phi) is 9.38. The van der Waals surface area contributed by atoms with E-state index in [0.717, 1.165) is 42.4 Å². The van der Waals surface area contributed by atoms with Crippen LogP contribution in [0, 0.1) is 5.92 Å². The van der Waals surface area contributed by atoms with Crippen molar-refractivity contribution in [3.05, 3.63) is 107 Å². The molecule has 8 nitrogen and oxygen atoms in total. The molecule has 3 aromatic carbocycles. The normalized spacial score (nSPS) is 22.4. The topological polar surface area (TPSA) is 101 Å². The number of anilines is 2. The fourth-order valence-electron chi connectivity index (χ4n) is 7.13. The van der Waals surface area contributed by atoms with Crippen LogP contribution in [0.25, 0.3) is 0 Å². The molecule has 3 aliphatic rings. The molecule has 3 atom stereocenters. The number of amides is 3. The highest BCUT2D eigenvalue weighted by Gasteiger charge is 2.52. The summed E-state index contributed by atoms with van der Waals surface area (Å²) >= 11 is 0. The summed E-state index contributed by atoms with van der Waals surface area (Å²) in [6.07, 6.45) is 8.49. The molecule has 3 amide bonds. The van der Waals surface area contributed by atoms with E-state index in [9.17, 15) is 24.6 Å². The summed E-state index contributed by atoms with van der Waals surface area (Å²) in [6, 6.07) is 22.9. The van der Waals surface area contributed by atoms with Crippen molar-refractivity contribution < 1.29 is 24.6 Å². The summed E-state index contributed by atoms with van der Waals surface area (Å²) in [7, 11) is 0. The van der Waals surface area contributed by atoms with Crippen molar-refractivity contribution in [3.63, 3.8) is 0 Å². The van der Waals surface area contributed by atoms with E-state index in [1.54, 1.807) is 33.8 Å². The van der Waals surface area contributed by atoms with Gasteiger partial charge in [0, 0.05) is 43.1 Å². The second-order valence-corrected chi connectivity index (χ2v) is 12.8. The number of carbonyl (C=O) groups excluding carboxylic acids is 3. The predicted octanol–water partition coefficient (Wildman–Crippen LogP) is 5.25. The Morgan fingerprint density at radius 3 is 2.50 bits per heavy atom. The minimum Gasteiger partial charge on any atom is -0.394 e. The van der Waals surface area contributed by atoms with Crippen LogP contribution in [0.15, 0.2) is 84.9 Å². The van der Waals surface area contributed by atoms with Gasteiger partial charge in [0.2, 0.25) is 11.8 Å². The summed E-state index contributed by atoms with van der Waals surface area (Å²) in [4.78, 5) is 45.8. The van der Waals surface area contributed by atoms with Gasteiger partial charge in [-0.3, -0.25) is 14.4 Å². The molecule has 1 saturated heterocycles. The molecule has 2 N–H and O–H groups in total. The number of aliphatic hydroxyl groups is 2. The molecule has 0 saturated carbocycles. The first-order valence-electron chi connectivity index (χ1n) is 16.5. The zero-order valence-corrected chi connectivity index (χ0v) is 26.5. The van der Waals surface area contributed by atoms with E-state index in [0.29, 0.717) is 49.4 Å². The number of fused-ring (bicyclic) bond motifs is 2. The summed E-state index contributed by atoms with van der Waals surface area (Å²) in [5.74, 6) is -1.16. The van der Waals surface area contributed by atoms with Gasteiger partial charge >= 0.3 is 0 Å². The maximum absolute atomic E-state index is 14.2. The number of hydrogen-bond acceptors (Lipinski definition) is 5. The third-order valence-electron chi connectivity index (χ3n) is 9.83. The lowest BCUT2D eigenvalue weighted by Gasteiger charge is -2.36. The summed E-state index contributed by atoms with van der Waals surface area (Å²) in [5.41, 5.74) is 3.05. The van der Waals surface area contributed by atoms with Gasteiger partial charge in [0.05, 0.1) is 24.9 Å². The van der Waals surface area contributed by atoms with Gasteiger partial charge in [-0.05, 0) is 54.2 Å². The number of benzene rings is 3. The van der Waals surface area contributed by atoms with Gasteiger partial charge < -0.3 is 24.9 Å². The van der Waals surface area contributed by atoms with Crippen molar-refractivity contribution in [2.75, 3.05) is 23.0 Å². The van der Waals surface area contributed by atoms with Gasteiger partial charge in [-0.15, -0.1) is 0 Å². The molecule has 3 aromatic rings. The standard InChI is InChI=1S/C38H43N3O5/c1-27(12-11-18-36(44)40-25-30-16-9-8-15-29(30)22-32(40)26-42)38(46)33-23-31(39-21-10-3-2-7-17-35(39)43)19-20-34(33)41(37(38)45)24-28-13-5-4-6-14-28/h4-6,8-9,11-16,19-20,23,27,32,42,46H,2-3,7,10,17-18,21-22,24-26H2,1H3/b12-11+/t27-,32+,38+/m1/s1. The fourth-order valence-corrected chi connectivity index (χ4v) is 7.13. The molecule has 8 heteroatoms. The fraction of sp³-hybridized carbons (Fsp3) is 0.395. The van der Waals surface area contributed by atoms with Crippen LogP contribution < -0.4 is 9.80 Å². The molecule has 3 heterocycles. The second kappa shape index (κ2) is 13.6. The zero-order valence-electron chi connectivity index (χ0n) is 26.5. The second-order valence-electron chi connectivity index (χ2n) is 12.8. The lowest BCUT2D eigenvalue weighted by atomic mass is 9.82. The molecule has 0 aromatic heterocycles. The molecule has 1 fully saturated rings. The van der Waals surface area contributed by atoms with Crippen LogP contribution in [0.3, 0.4) is 0 Å². The van der Waals surface area contributed by atoms with Gasteiger partial charge in [-0.1, -0.05) is 86.5 Å². The van der Waals surface area contributed by atoms with Crippen molar-refractivity contribution in [2.24, 2.45) is 5.92 Å². The molecule has 240 valence electrons. The van der Waals surface area contributed by atoms with Crippen molar-refractivity contribution in [2.45, 2.75) is 76.6 Å². The molecule has 0 bridgehead atoms. The minimum atomic E-state index is -1.89. The third kappa shape index (κ3) is 6.11. The molecule has 3 aliphatic heterocycles. The SMILES string of the molecule is C[C@H](/C=C/CC(=O)N1Cc2ccccc2C[C@H]1CO)[C@@]1(O)C(=O)N(Cc2ccccc2)c2ccc(N3CCCCCCC3=O)cc21. The van der Waals surface area contributed by atoms with Crippen molar-refractivity contribution in [1.82, 2.24) is 4.90 Å². The quantitative estimate of drug-likeness (QED) is 0.335. The maximum Gasteiger partial charge on any atom is 0.264 e. The van der Waals surface area contributed by atoms with Crippen molar-refractivity contribution in [3.8, 4) is 0 Å². The van der Waals surface area contributed by atoms with E-state index in [1.165, 1.54) is 0 Å². The van der Waals surface area contributed by atoms with Gasteiger partial charge in [-0.25, -0.2) is 0 Å². The smallest absolute Gasteiger partial charge is 0.264 e. The molecule has 0 radical (unpaired) electrons. The summed E-state index contributed by atoms with van der Waals surface area (Å²) in [6.45, 7) is 3.00. The van der Waals surface area contributed by atoms with Crippen LogP contribution in [-0.4, -0.2) is 52.0 Å². The van der Waals surface area contributed by atoms with E-state index in [-0.39, 0.29) is 30.9 Å². The van der Waals surface area contributed by atoms with Crippen molar-refractivity contribution >= 4 is 29.1 Å². The monoisotopic (exact) mass is 621 g/mol. The van der Waals surface area contributed by atoms with Gasteiger partial charge in [0.25, 0.3) is 5.91 Å². The van der Waals surface area contributed by atoms with E-state index >= 15 is 0 Å².